The zero-order valence-corrected chi connectivity index (χ0v) is 16.0. The molecule has 0 saturated heterocycles. The maximum absolute atomic E-state index is 14.5. The van der Waals surface area contributed by atoms with E-state index in [2.05, 4.69) is 10.1 Å². The number of anilines is 1. The number of benzene rings is 1. The molecule has 0 aliphatic carbocycles. The molecule has 0 saturated carbocycles. The second-order valence-electron chi connectivity index (χ2n) is 6.49. The summed E-state index contributed by atoms with van der Waals surface area (Å²) < 4.78 is 16.1. The van der Waals surface area contributed by atoms with Gasteiger partial charge in [0.05, 0.1) is 17.8 Å². The fraction of sp³-hybridized carbons (Fsp3) is 0.238. The van der Waals surface area contributed by atoms with E-state index < -0.39 is 5.82 Å². The summed E-state index contributed by atoms with van der Waals surface area (Å²) in [5, 5.41) is 4.19. The maximum Gasteiger partial charge on any atom is 0.226 e. The molecule has 6 nitrogen and oxygen atoms in total. The van der Waals surface area contributed by atoms with Gasteiger partial charge in [0.15, 0.2) is 5.78 Å². The number of aromatic nitrogens is 3. The number of rotatable bonds is 6. The monoisotopic (exact) mass is 380 g/mol. The Morgan fingerprint density at radius 1 is 1.14 bits per heavy atom. The Balaban J connectivity index is 1.77. The van der Waals surface area contributed by atoms with E-state index >= 15 is 0 Å². The van der Waals surface area contributed by atoms with Gasteiger partial charge in [-0.25, -0.2) is 4.39 Å². The standard InChI is InChI=1S/C21H21FN4O2/c1-4-21(28)26(3)19-8-6-14(11-17(19)22)15-5-7-18(23-13-15)20(27)12-16-9-10-25(2)24-16/h5-11,13H,4,12H2,1-3H3. The van der Waals surface area contributed by atoms with E-state index in [0.717, 1.165) is 0 Å². The van der Waals surface area contributed by atoms with E-state index in [9.17, 15) is 14.0 Å². The average molecular weight is 380 g/mol. The highest BCUT2D eigenvalue weighted by atomic mass is 19.1. The van der Waals surface area contributed by atoms with Crippen LogP contribution >= 0.6 is 0 Å². The van der Waals surface area contributed by atoms with Crippen molar-refractivity contribution in [2.24, 2.45) is 7.05 Å². The smallest absolute Gasteiger partial charge is 0.226 e. The number of aryl methyl sites for hydroxylation is 1. The number of Topliss-reactive ketones (excluding diaryl/α,β-unsaturated/α-hetero) is 1. The zero-order chi connectivity index (χ0) is 20.3. The number of pyridine rings is 1. The van der Waals surface area contributed by atoms with Crippen LogP contribution in [-0.2, 0) is 18.3 Å². The SMILES string of the molecule is CCC(=O)N(C)c1ccc(-c2ccc(C(=O)Cc3ccn(C)n3)nc2)cc1F. The van der Waals surface area contributed by atoms with Crippen molar-refractivity contribution in [3.8, 4) is 11.1 Å². The number of carbonyl (C=O) groups excluding carboxylic acids is 2. The lowest BCUT2D eigenvalue weighted by molar-refractivity contribution is -0.118. The van der Waals surface area contributed by atoms with Crippen LogP contribution in [0, 0.1) is 5.82 Å². The lowest BCUT2D eigenvalue weighted by Gasteiger charge is -2.17. The summed E-state index contributed by atoms with van der Waals surface area (Å²) in [5.41, 5.74) is 2.55. The van der Waals surface area contributed by atoms with E-state index in [1.165, 1.54) is 11.0 Å². The number of halogens is 1. The second-order valence-corrected chi connectivity index (χ2v) is 6.49. The highest BCUT2D eigenvalue weighted by molar-refractivity contribution is 5.96. The molecular formula is C21H21FN4O2. The van der Waals surface area contributed by atoms with Crippen LogP contribution in [0.15, 0.2) is 48.8 Å². The number of nitrogens with zero attached hydrogens (tertiary/aromatic N) is 4. The first kappa shape index (κ1) is 19.4. The first-order valence-electron chi connectivity index (χ1n) is 8.93. The molecule has 0 fully saturated rings. The van der Waals surface area contributed by atoms with E-state index in [1.807, 2.05) is 0 Å². The highest BCUT2D eigenvalue weighted by Gasteiger charge is 2.15. The predicted molar refractivity (Wildman–Crippen MR) is 105 cm³/mol. The summed E-state index contributed by atoms with van der Waals surface area (Å²) in [5.74, 6) is -0.785. The van der Waals surface area contributed by atoms with Crippen molar-refractivity contribution in [2.75, 3.05) is 11.9 Å². The van der Waals surface area contributed by atoms with Gasteiger partial charge in [-0.05, 0) is 29.8 Å². The summed E-state index contributed by atoms with van der Waals surface area (Å²) in [6.45, 7) is 1.73. The molecule has 0 aliphatic heterocycles. The fourth-order valence-electron chi connectivity index (χ4n) is 2.87. The summed E-state index contributed by atoms with van der Waals surface area (Å²) >= 11 is 0. The van der Waals surface area contributed by atoms with Crippen molar-refractivity contribution < 1.29 is 14.0 Å². The van der Waals surface area contributed by atoms with Crippen molar-refractivity contribution in [1.82, 2.24) is 14.8 Å². The first-order valence-corrected chi connectivity index (χ1v) is 8.93. The topological polar surface area (TPSA) is 68.1 Å². The fourth-order valence-corrected chi connectivity index (χ4v) is 2.87. The Bertz CT molecular complexity index is 1010. The van der Waals surface area contributed by atoms with Crippen LogP contribution in [0.4, 0.5) is 10.1 Å². The van der Waals surface area contributed by atoms with Crippen LogP contribution in [0.5, 0.6) is 0 Å². The molecule has 3 aromatic rings. The van der Waals surface area contributed by atoms with Crippen LogP contribution in [0.3, 0.4) is 0 Å². The van der Waals surface area contributed by atoms with Crippen molar-refractivity contribution in [3.63, 3.8) is 0 Å². The van der Waals surface area contributed by atoms with E-state index in [1.54, 1.807) is 68.4 Å². The lowest BCUT2D eigenvalue weighted by atomic mass is 10.0. The normalized spacial score (nSPS) is 10.7. The van der Waals surface area contributed by atoms with Gasteiger partial charge in [0.25, 0.3) is 0 Å². The Morgan fingerprint density at radius 3 is 2.46 bits per heavy atom. The molecule has 1 amide bonds. The number of ketones is 1. The first-order chi connectivity index (χ1) is 13.4. The van der Waals surface area contributed by atoms with Crippen LogP contribution < -0.4 is 4.90 Å². The third-order valence-corrected chi connectivity index (χ3v) is 4.48. The van der Waals surface area contributed by atoms with Gasteiger partial charge in [0.1, 0.15) is 11.5 Å². The molecule has 2 heterocycles. The summed E-state index contributed by atoms with van der Waals surface area (Å²) in [7, 11) is 3.34. The molecule has 1 aromatic carbocycles. The van der Waals surface area contributed by atoms with Gasteiger partial charge in [-0.3, -0.25) is 19.3 Å². The molecule has 3 rings (SSSR count). The van der Waals surface area contributed by atoms with Crippen molar-refractivity contribution in [2.45, 2.75) is 19.8 Å². The van der Waals surface area contributed by atoms with Crippen LogP contribution in [0.2, 0.25) is 0 Å². The van der Waals surface area contributed by atoms with Gasteiger partial charge in [0, 0.05) is 38.5 Å². The molecule has 144 valence electrons. The van der Waals surface area contributed by atoms with E-state index in [-0.39, 0.29) is 23.8 Å². The largest absolute Gasteiger partial charge is 0.313 e. The minimum absolute atomic E-state index is 0.133. The number of carbonyl (C=O) groups is 2. The predicted octanol–water partition coefficient (Wildman–Crippen LogP) is 3.42. The highest BCUT2D eigenvalue weighted by Crippen LogP contribution is 2.26. The molecule has 0 atom stereocenters. The zero-order valence-electron chi connectivity index (χ0n) is 16.0. The van der Waals surface area contributed by atoms with Gasteiger partial charge in [0.2, 0.25) is 5.91 Å². The third kappa shape index (κ3) is 4.14. The Morgan fingerprint density at radius 2 is 1.89 bits per heavy atom. The summed E-state index contributed by atoms with van der Waals surface area (Å²) in [6.07, 6.45) is 3.80. The average Bonchev–Trinajstić information content (AvgIpc) is 3.11. The van der Waals surface area contributed by atoms with E-state index in [0.29, 0.717) is 28.9 Å². The van der Waals surface area contributed by atoms with Gasteiger partial charge < -0.3 is 4.90 Å². The molecule has 0 aliphatic rings. The Hall–Kier alpha value is -3.35. The number of hydrogen-bond donors (Lipinski definition) is 0. The summed E-state index contributed by atoms with van der Waals surface area (Å²) in [4.78, 5) is 29.6. The van der Waals surface area contributed by atoms with Gasteiger partial charge in [-0.1, -0.05) is 19.1 Å². The van der Waals surface area contributed by atoms with Crippen LogP contribution in [0.1, 0.15) is 29.5 Å². The summed E-state index contributed by atoms with van der Waals surface area (Å²) in [6, 6.07) is 9.80. The molecule has 7 heteroatoms. The number of amides is 1. The molecule has 0 spiro atoms. The number of hydrogen-bond acceptors (Lipinski definition) is 4. The van der Waals surface area contributed by atoms with E-state index in [4.69, 9.17) is 0 Å². The van der Waals surface area contributed by atoms with Crippen molar-refractivity contribution in [3.05, 3.63) is 66.0 Å². The molecular weight excluding hydrogens is 359 g/mol. The maximum atomic E-state index is 14.5. The van der Waals surface area contributed by atoms with Crippen LogP contribution in [0.25, 0.3) is 11.1 Å². The lowest BCUT2D eigenvalue weighted by Crippen LogP contribution is -2.25. The molecule has 28 heavy (non-hydrogen) atoms. The van der Waals surface area contributed by atoms with Crippen molar-refractivity contribution >= 4 is 17.4 Å². The van der Waals surface area contributed by atoms with Gasteiger partial charge in [-0.15, -0.1) is 0 Å². The van der Waals surface area contributed by atoms with Gasteiger partial charge in [-0.2, -0.15) is 5.10 Å². The Kier molecular flexibility index (Phi) is 5.63. The minimum Gasteiger partial charge on any atom is -0.313 e. The molecule has 0 bridgehead atoms. The molecule has 0 radical (unpaired) electrons. The van der Waals surface area contributed by atoms with Gasteiger partial charge >= 0.3 is 0 Å². The van der Waals surface area contributed by atoms with Crippen LogP contribution in [-0.4, -0.2) is 33.5 Å². The van der Waals surface area contributed by atoms with Crippen molar-refractivity contribution in [1.29, 1.82) is 0 Å². The quantitative estimate of drug-likeness (QED) is 0.615. The molecule has 0 unspecified atom stereocenters. The molecule has 2 aromatic heterocycles. The Labute approximate surface area is 162 Å². The molecule has 0 N–H and O–H groups in total. The third-order valence-electron chi connectivity index (χ3n) is 4.48. The minimum atomic E-state index is -0.489. The second kappa shape index (κ2) is 8.12.